The maximum atomic E-state index is 13.1. The molecular weight excluding hydrogens is 396 g/mol. The molecule has 2 aliphatic rings. The van der Waals surface area contributed by atoms with Crippen LogP contribution in [0.5, 0.6) is 0 Å². The van der Waals surface area contributed by atoms with Crippen LogP contribution in [0.1, 0.15) is 23.2 Å². The first-order chi connectivity index (χ1) is 14.6. The number of carbonyl (C=O) groups is 2. The average molecular weight is 419 g/mol. The number of benzene rings is 2. The lowest BCUT2D eigenvalue weighted by atomic mass is 10.1. The first kappa shape index (κ1) is 18.9. The maximum Gasteiger partial charge on any atom is 0.230 e. The van der Waals surface area contributed by atoms with Gasteiger partial charge in [0, 0.05) is 35.7 Å². The first-order valence-corrected chi connectivity index (χ1v) is 11.2. The molecule has 7 heteroatoms. The van der Waals surface area contributed by atoms with E-state index in [1.54, 1.807) is 16.7 Å². The van der Waals surface area contributed by atoms with E-state index in [4.69, 9.17) is 5.10 Å². The van der Waals surface area contributed by atoms with E-state index in [-0.39, 0.29) is 24.2 Å². The second-order valence-corrected chi connectivity index (χ2v) is 8.73. The molecule has 152 valence electrons. The zero-order valence-corrected chi connectivity index (χ0v) is 17.5. The van der Waals surface area contributed by atoms with Crippen LogP contribution in [-0.4, -0.2) is 28.1 Å². The molecule has 2 aromatic carbocycles. The molecule has 1 N–H and O–H groups in total. The second kappa shape index (κ2) is 7.65. The molecule has 1 atom stereocenters. The Morgan fingerprint density at radius 2 is 1.83 bits per heavy atom. The number of fused-ring (bicyclic) bond motifs is 1. The number of aromatic nitrogens is 2. The number of hydrogen-bond donors (Lipinski definition) is 1. The number of anilines is 2. The Morgan fingerprint density at radius 3 is 2.60 bits per heavy atom. The molecule has 0 bridgehead atoms. The summed E-state index contributed by atoms with van der Waals surface area (Å²) in [6.07, 6.45) is 0.219. The van der Waals surface area contributed by atoms with Gasteiger partial charge in [-0.3, -0.25) is 9.59 Å². The normalized spacial score (nSPS) is 18.0. The molecule has 0 unspecified atom stereocenters. The van der Waals surface area contributed by atoms with Crippen molar-refractivity contribution in [1.29, 1.82) is 0 Å². The third-order valence-electron chi connectivity index (χ3n) is 5.64. The van der Waals surface area contributed by atoms with E-state index in [0.29, 0.717) is 6.54 Å². The van der Waals surface area contributed by atoms with Crippen LogP contribution in [0.15, 0.2) is 54.6 Å². The SMILES string of the molecule is Cc1ccc(-n2nc3c(c2NC(=O)[C@@H]2CC(=O)N(c4ccccc4)C2)CSC3)cc1. The largest absolute Gasteiger partial charge is 0.312 e. The third kappa shape index (κ3) is 3.39. The van der Waals surface area contributed by atoms with Crippen LogP contribution in [0.4, 0.5) is 11.5 Å². The first-order valence-electron chi connectivity index (χ1n) is 10.0. The molecule has 0 saturated carbocycles. The van der Waals surface area contributed by atoms with Gasteiger partial charge in [0.05, 0.1) is 17.3 Å². The number of amides is 2. The molecule has 3 aromatic rings. The Kier molecular flexibility index (Phi) is 4.83. The minimum atomic E-state index is -0.385. The van der Waals surface area contributed by atoms with Gasteiger partial charge in [0.1, 0.15) is 5.82 Å². The van der Waals surface area contributed by atoms with Crippen molar-refractivity contribution in [2.45, 2.75) is 24.9 Å². The van der Waals surface area contributed by atoms with Gasteiger partial charge in [-0.1, -0.05) is 35.9 Å². The molecule has 0 aliphatic carbocycles. The van der Waals surface area contributed by atoms with E-state index < -0.39 is 0 Å². The monoisotopic (exact) mass is 418 g/mol. The van der Waals surface area contributed by atoms with E-state index in [9.17, 15) is 9.59 Å². The molecule has 30 heavy (non-hydrogen) atoms. The lowest BCUT2D eigenvalue weighted by Gasteiger charge is -2.17. The third-order valence-corrected chi connectivity index (χ3v) is 6.61. The van der Waals surface area contributed by atoms with E-state index in [0.717, 1.165) is 40.0 Å². The van der Waals surface area contributed by atoms with Gasteiger partial charge in [0.25, 0.3) is 0 Å². The molecule has 1 fully saturated rings. The van der Waals surface area contributed by atoms with Gasteiger partial charge in [-0.05, 0) is 31.2 Å². The van der Waals surface area contributed by atoms with Crippen LogP contribution in [0.25, 0.3) is 5.69 Å². The van der Waals surface area contributed by atoms with E-state index >= 15 is 0 Å². The summed E-state index contributed by atoms with van der Waals surface area (Å²) in [7, 11) is 0. The van der Waals surface area contributed by atoms with E-state index in [1.807, 2.05) is 66.2 Å². The number of para-hydroxylation sites is 1. The molecule has 2 aliphatic heterocycles. The maximum absolute atomic E-state index is 13.1. The van der Waals surface area contributed by atoms with Gasteiger partial charge in [0.2, 0.25) is 11.8 Å². The van der Waals surface area contributed by atoms with Crippen molar-refractivity contribution in [3.8, 4) is 5.69 Å². The van der Waals surface area contributed by atoms with Crippen LogP contribution in [0.2, 0.25) is 0 Å². The molecule has 0 spiro atoms. The average Bonchev–Trinajstić information content (AvgIpc) is 3.45. The Labute approximate surface area is 179 Å². The molecule has 3 heterocycles. The molecule has 5 rings (SSSR count). The van der Waals surface area contributed by atoms with E-state index in [1.165, 1.54) is 5.56 Å². The zero-order valence-electron chi connectivity index (χ0n) is 16.7. The smallest absolute Gasteiger partial charge is 0.230 e. The summed E-state index contributed by atoms with van der Waals surface area (Å²) in [4.78, 5) is 27.4. The van der Waals surface area contributed by atoms with Crippen molar-refractivity contribution < 1.29 is 9.59 Å². The minimum Gasteiger partial charge on any atom is -0.312 e. The van der Waals surface area contributed by atoms with Crippen molar-refractivity contribution in [3.05, 3.63) is 71.4 Å². The predicted molar refractivity (Wildman–Crippen MR) is 119 cm³/mol. The number of carbonyl (C=O) groups excluding carboxylic acids is 2. The number of nitrogens with zero attached hydrogens (tertiary/aromatic N) is 3. The summed E-state index contributed by atoms with van der Waals surface area (Å²) in [5.74, 6) is 1.87. The summed E-state index contributed by atoms with van der Waals surface area (Å²) in [5, 5.41) is 7.86. The van der Waals surface area contributed by atoms with Gasteiger partial charge in [-0.2, -0.15) is 16.9 Å². The molecule has 6 nitrogen and oxygen atoms in total. The van der Waals surface area contributed by atoms with Crippen molar-refractivity contribution in [2.75, 3.05) is 16.8 Å². The Bertz CT molecular complexity index is 1110. The van der Waals surface area contributed by atoms with Crippen molar-refractivity contribution >= 4 is 35.1 Å². The van der Waals surface area contributed by atoms with Crippen molar-refractivity contribution in [2.24, 2.45) is 5.92 Å². The van der Waals surface area contributed by atoms with Gasteiger partial charge >= 0.3 is 0 Å². The zero-order chi connectivity index (χ0) is 20.7. The fourth-order valence-corrected chi connectivity index (χ4v) is 5.01. The highest BCUT2D eigenvalue weighted by atomic mass is 32.2. The number of nitrogens with one attached hydrogen (secondary N) is 1. The fraction of sp³-hybridized carbons (Fsp3) is 0.261. The van der Waals surface area contributed by atoms with Crippen molar-refractivity contribution in [1.82, 2.24) is 9.78 Å². The summed E-state index contributed by atoms with van der Waals surface area (Å²) in [6.45, 7) is 2.44. The minimum absolute atomic E-state index is 0.0193. The van der Waals surface area contributed by atoms with Crippen LogP contribution in [-0.2, 0) is 21.1 Å². The van der Waals surface area contributed by atoms with Gasteiger partial charge < -0.3 is 10.2 Å². The summed E-state index contributed by atoms with van der Waals surface area (Å²) < 4.78 is 1.83. The predicted octanol–water partition coefficient (Wildman–Crippen LogP) is 3.92. The summed E-state index contributed by atoms with van der Waals surface area (Å²) >= 11 is 1.80. The highest BCUT2D eigenvalue weighted by molar-refractivity contribution is 7.98. The molecule has 1 aromatic heterocycles. The number of rotatable bonds is 4. The topological polar surface area (TPSA) is 67.2 Å². The van der Waals surface area contributed by atoms with Crippen molar-refractivity contribution in [3.63, 3.8) is 0 Å². The summed E-state index contributed by atoms with van der Waals surface area (Å²) in [5.41, 5.74) is 5.02. The number of thioether (sulfide) groups is 1. The highest BCUT2D eigenvalue weighted by Gasteiger charge is 2.36. The Morgan fingerprint density at radius 1 is 1.07 bits per heavy atom. The van der Waals surface area contributed by atoms with Gasteiger partial charge in [0.15, 0.2) is 0 Å². The van der Waals surface area contributed by atoms with Crippen LogP contribution in [0, 0.1) is 12.8 Å². The second-order valence-electron chi connectivity index (χ2n) is 7.74. The number of aryl methyl sites for hydroxylation is 1. The lowest BCUT2D eigenvalue weighted by Crippen LogP contribution is -2.28. The van der Waals surface area contributed by atoms with Gasteiger partial charge in [-0.25, -0.2) is 4.68 Å². The molecule has 0 radical (unpaired) electrons. The van der Waals surface area contributed by atoms with E-state index in [2.05, 4.69) is 5.32 Å². The summed E-state index contributed by atoms with van der Waals surface area (Å²) in [6, 6.07) is 17.6. The Balaban J connectivity index is 1.40. The Hall–Kier alpha value is -3.06. The van der Waals surface area contributed by atoms with Crippen LogP contribution >= 0.6 is 11.8 Å². The lowest BCUT2D eigenvalue weighted by molar-refractivity contribution is -0.122. The highest BCUT2D eigenvalue weighted by Crippen LogP contribution is 2.36. The fourth-order valence-electron chi connectivity index (χ4n) is 3.97. The molecule has 2 amide bonds. The standard InChI is InChI=1S/C23H22N4O2S/c1-15-7-9-18(10-8-15)27-22(19-13-30-14-20(19)25-27)24-23(29)16-11-21(28)26(12-16)17-5-3-2-4-6-17/h2-10,16H,11-14H2,1H3,(H,24,29)/t16-/m1/s1. The molecular formula is C23H22N4O2S. The van der Waals surface area contributed by atoms with Crippen LogP contribution in [0.3, 0.4) is 0 Å². The van der Waals surface area contributed by atoms with Gasteiger partial charge in [-0.15, -0.1) is 0 Å². The van der Waals surface area contributed by atoms with Crippen LogP contribution < -0.4 is 10.2 Å². The number of hydrogen-bond acceptors (Lipinski definition) is 4. The molecule has 1 saturated heterocycles. The quantitative estimate of drug-likeness (QED) is 0.697.